The summed E-state index contributed by atoms with van der Waals surface area (Å²) in [6, 6.07) is 7.56. The van der Waals surface area contributed by atoms with Crippen LogP contribution in [0.5, 0.6) is 5.75 Å². The van der Waals surface area contributed by atoms with Crippen molar-refractivity contribution in [3.63, 3.8) is 0 Å². The molecule has 1 N–H and O–H groups in total. The lowest BCUT2D eigenvalue weighted by Crippen LogP contribution is -2.07. The van der Waals surface area contributed by atoms with Gasteiger partial charge >= 0.3 is 0 Å². The number of hydrogen-bond donors (Lipinski definition) is 1. The first-order chi connectivity index (χ1) is 8.20. The molecular formula is C11H9BrN2O2S. The van der Waals surface area contributed by atoms with Crippen LogP contribution in [0, 0.1) is 0 Å². The average Bonchev–Trinajstić information content (AvgIpc) is 2.36. The Morgan fingerprint density at radius 1 is 1.35 bits per heavy atom. The maximum Gasteiger partial charge on any atom is 0.266 e. The quantitative estimate of drug-likeness (QED) is 0.885. The van der Waals surface area contributed by atoms with E-state index < -0.39 is 0 Å². The number of H-pyrrole nitrogens is 1. The first kappa shape index (κ1) is 12.2. The van der Waals surface area contributed by atoms with Crippen LogP contribution >= 0.6 is 27.7 Å². The highest BCUT2D eigenvalue weighted by molar-refractivity contribution is 9.10. The van der Waals surface area contributed by atoms with E-state index in [2.05, 4.69) is 25.9 Å². The molecule has 1 aromatic heterocycles. The fourth-order valence-corrected chi connectivity index (χ4v) is 2.44. The highest BCUT2D eigenvalue weighted by Gasteiger charge is 2.07. The third kappa shape index (κ3) is 2.89. The van der Waals surface area contributed by atoms with Gasteiger partial charge in [-0.1, -0.05) is 11.8 Å². The third-order valence-electron chi connectivity index (χ3n) is 2.04. The van der Waals surface area contributed by atoms with Crippen molar-refractivity contribution in [2.24, 2.45) is 0 Å². The summed E-state index contributed by atoms with van der Waals surface area (Å²) in [5.41, 5.74) is -0.184. The molecule has 1 heterocycles. The predicted molar refractivity (Wildman–Crippen MR) is 69.7 cm³/mol. The van der Waals surface area contributed by atoms with Crippen molar-refractivity contribution < 1.29 is 4.74 Å². The second kappa shape index (κ2) is 5.37. The van der Waals surface area contributed by atoms with E-state index in [0.29, 0.717) is 9.50 Å². The van der Waals surface area contributed by atoms with Crippen molar-refractivity contribution >= 4 is 27.7 Å². The Morgan fingerprint density at radius 2 is 2.06 bits per heavy atom. The zero-order chi connectivity index (χ0) is 12.3. The minimum Gasteiger partial charge on any atom is -0.497 e. The Hall–Kier alpha value is -1.27. The molecule has 4 nitrogen and oxygen atoms in total. The highest BCUT2D eigenvalue weighted by atomic mass is 79.9. The molecule has 1 aromatic carbocycles. The Morgan fingerprint density at radius 3 is 2.71 bits per heavy atom. The SMILES string of the molecule is COc1ccc(Sc2nc[nH]c(=O)c2Br)cc1. The molecule has 0 aliphatic rings. The lowest BCUT2D eigenvalue weighted by atomic mass is 10.3. The standard InChI is InChI=1S/C11H9BrN2O2S/c1-16-7-2-4-8(5-3-7)17-11-9(12)10(15)13-6-14-11/h2-6H,1H3,(H,13,14,15). The Kier molecular flexibility index (Phi) is 3.86. The molecule has 0 saturated carbocycles. The molecule has 0 saturated heterocycles. The van der Waals surface area contributed by atoms with E-state index in [-0.39, 0.29) is 5.56 Å². The summed E-state index contributed by atoms with van der Waals surface area (Å²) >= 11 is 4.63. The molecule has 88 valence electrons. The number of nitrogens with zero attached hydrogens (tertiary/aromatic N) is 1. The fourth-order valence-electron chi connectivity index (χ4n) is 1.19. The van der Waals surface area contributed by atoms with Crippen LogP contribution in [0.1, 0.15) is 0 Å². The maximum atomic E-state index is 11.4. The fraction of sp³-hybridized carbons (Fsp3) is 0.0909. The number of hydrogen-bond acceptors (Lipinski definition) is 4. The van der Waals surface area contributed by atoms with Gasteiger partial charge in [0.15, 0.2) is 0 Å². The number of methoxy groups -OCH3 is 1. The number of aromatic nitrogens is 2. The number of aromatic amines is 1. The van der Waals surface area contributed by atoms with E-state index in [1.54, 1.807) is 7.11 Å². The number of halogens is 1. The second-order valence-electron chi connectivity index (χ2n) is 3.13. The lowest BCUT2D eigenvalue weighted by molar-refractivity contribution is 0.414. The summed E-state index contributed by atoms with van der Waals surface area (Å²) in [5.74, 6) is 0.798. The summed E-state index contributed by atoms with van der Waals surface area (Å²) < 4.78 is 5.52. The third-order valence-corrected chi connectivity index (χ3v) is 4.05. The van der Waals surface area contributed by atoms with Crippen LogP contribution in [0.3, 0.4) is 0 Å². The maximum absolute atomic E-state index is 11.4. The Balaban J connectivity index is 2.25. The van der Waals surface area contributed by atoms with Gasteiger partial charge in [0.25, 0.3) is 5.56 Å². The molecule has 0 amide bonds. The normalized spacial score (nSPS) is 10.2. The summed E-state index contributed by atoms with van der Waals surface area (Å²) in [6.07, 6.45) is 1.39. The van der Waals surface area contributed by atoms with Crippen LogP contribution < -0.4 is 10.3 Å². The molecule has 6 heteroatoms. The van der Waals surface area contributed by atoms with Crippen LogP contribution in [0.2, 0.25) is 0 Å². The Bertz CT molecular complexity index is 568. The molecule has 0 atom stereocenters. The van der Waals surface area contributed by atoms with E-state index in [4.69, 9.17) is 4.74 Å². The molecule has 2 rings (SSSR count). The van der Waals surface area contributed by atoms with Crippen molar-refractivity contribution in [1.82, 2.24) is 9.97 Å². The molecule has 17 heavy (non-hydrogen) atoms. The lowest BCUT2D eigenvalue weighted by Gasteiger charge is -2.03. The van der Waals surface area contributed by atoms with Gasteiger partial charge in [-0.05, 0) is 40.2 Å². The van der Waals surface area contributed by atoms with E-state index in [1.807, 2.05) is 24.3 Å². The van der Waals surface area contributed by atoms with Gasteiger partial charge < -0.3 is 9.72 Å². The van der Waals surface area contributed by atoms with Crippen molar-refractivity contribution in [3.05, 3.63) is 45.4 Å². The number of nitrogens with one attached hydrogen (secondary N) is 1. The molecule has 0 fully saturated rings. The summed E-state index contributed by atoms with van der Waals surface area (Å²) in [6.45, 7) is 0. The molecule has 0 aliphatic carbocycles. The highest BCUT2D eigenvalue weighted by Crippen LogP contribution is 2.30. The average molecular weight is 313 g/mol. The molecule has 2 aromatic rings. The van der Waals surface area contributed by atoms with Crippen molar-refractivity contribution in [3.8, 4) is 5.75 Å². The van der Waals surface area contributed by atoms with Gasteiger partial charge in [0.2, 0.25) is 0 Å². The molecule has 0 radical (unpaired) electrons. The van der Waals surface area contributed by atoms with Crippen LogP contribution in [0.25, 0.3) is 0 Å². The second-order valence-corrected chi connectivity index (χ2v) is 4.98. The van der Waals surface area contributed by atoms with Crippen LogP contribution in [-0.2, 0) is 0 Å². The molecular weight excluding hydrogens is 304 g/mol. The first-order valence-electron chi connectivity index (χ1n) is 4.76. The number of benzene rings is 1. The van der Waals surface area contributed by atoms with E-state index >= 15 is 0 Å². The minimum atomic E-state index is -0.184. The van der Waals surface area contributed by atoms with Crippen LogP contribution in [-0.4, -0.2) is 17.1 Å². The van der Waals surface area contributed by atoms with Crippen molar-refractivity contribution in [2.45, 2.75) is 9.92 Å². The Labute approximate surface area is 111 Å². The zero-order valence-electron chi connectivity index (χ0n) is 8.94. The van der Waals surface area contributed by atoms with Crippen molar-refractivity contribution in [2.75, 3.05) is 7.11 Å². The number of ether oxygens (including phenoxy) is 1. The summed E-state index contributed by atoms with van der Waals surface area (Å²) in [4.78, 5) is 18.9. The largest absolute Gasteiger partial charge is 0.497 e. The zero-order valence-corrected chi connectivity index (χ0v) is 11.3. The van der Waals surface area contributed by atoms with E-state index in [0.717, 1.165) is 10.6 Å². The molecule has 0 spiro atoms. The van der Waals surface area contributed by atoms with Gasteiger partial charge in [0, 0.05) is 4.90 Å². The van der Waals surface area contributed by atoms with E-state index in [9.17, 15) is 4.79 Å². The van der Waals surface area contributed by atoms with Gasteiger partial charge in [-0.3, -0.25) is 4.79 Å². The molecule has 0 aliphatic heterocycles. The summed E-state index contributed by atoms with van der Waals surface area (Å²) in [7, 11) is 1.62. The van der Waals surface area contributed by atoms with Crippen LogP contribution in [0.4, 0.5) is 0 Å². The molecule has 0 unspecified atom stereocenters. The van der Waals surface area contributed by atoms with E-state index in [1.165, 1.54) is 18.1 Å². The minimum absolute atomic E-state index is 0.184. The first-order valence-corrected chi connectivity index (χ1v) is 6.37. The van der Waals surface area contributed by atoms with Gasteiger partial charge in [-0.15, -0.1) is 0 Å². The topological polar surface area (TPSA) is 55.0 Å². The van der Waals surface area contributed by atoms with Crippen molar-refractivity contribution in [1.29, 1.82) is 0 Å². The predicted octanol–water partition coefficient (Wildman–Crippen LogP) is 2.69. The van der Waals surface area contributed by atoms with Gasteiger partial charge in [-0.2, -0.15) is 0 Å². The van der Waals surface area contributed by atoms with Gasteiger partial charge in [0.05, 0.1) is 13.4 Å². The smallest absolute Gasteiger partial charge is 0.266 e. The van der Waals surface area contributed by atoms with Crippen LogP contribution in [0.15, 0.2) is 49.8 Å². The molecule has 0 bridgehead atoms. The van der Waals surface area contributed by atoms with Gasteiger partial charge in [-0.25, -0.2) is 4.98 Å². The van der Waals surface area contributed by atoms with Gasteiger partial charge in [0.1, 0.15) is 15.2 Å². The monoisotopic (exact) mass is 312 g/mol. The summed E-state index contributed by atoms with van der Waals surface area (Å²) in [5, 5.41) is 0.638. The number of rotatable bonds is 3.